The van der Waals surface area contributed by atoms with Gasteiger partial charge in [-0.25, -0.2) is 0 Å². The summed E-state index contributed by atoms with van der Waals surface area (Å²) in [5, 5.41) is 5.06. The summed E-state index contributed by atoms with van der Waals surface area (Å²) in [7, 11) is 1.65. The summed E-state index contributed by atoms with van der Waals surface area (Å²) in [6.45, 7) is 7.11. The number of fused-ring (bicyclic) bond motifs is 1. The van der Waals surface area contributed by atoms with E-state index >= 15 is 0 Å². The number of nitrogens with one attached hydrogen (secondary N) is 2. The molecule has 0 unspecified atom stereocenters. The number of methoxy groups -OCH3 is 1. The molecule has 4 aromatic rings. The number of ether oxygens (including phenoxy) is 1. The van der Waals surface area contributed by atoms with Gasteiger partial charge in [-0.1, -0.05) is 54.6 Å². The van der Waals surface area contributed by atoms with Crippen molar-refractivity contribution in [1.29, 1.82) is 0 Å². The van der Waals surface area contributed by atoms with E-state index in [0.717, 1.165) is 38.9 Å². The number of aromatic nitrogens is 1. The van der Waals surface area contributed by atoms with Gasteiger partial charge in [0.2, 0.25) is 0 Å². The van der Waals surface area contributed by atoms with Gasteiger partial charge in [0.15, 0.2) is 5.11 Å². The molecule has 0 aliphatic rings. The molecule has 0 spiro atoms. The number of H-pyrrole nitrogens is 1. The lowest BCUT2D eigenvalue weighted by molar-refractivity contribution is 0.390. The van der Waals surface area contributed by atoms with E-state index in [1.807, 2.05) is 60.4 Å². The third-order valence-electron chi connectivity index (χ3n) is 6.45. The van der Waals surface area contributed by atoms with Crippen molar-refractivity contribution in [3.63, 3.8) is 0 Å². The summed E-state index contributed by atoms with van der Waals surface area (Å²) >= 11 is 5.85. The zero-order chi connectivity index (χ0) is 24.9. The highest BCUT2D eigenvalue weighted by atomic mass is 32.1. The summed E-state index contributed by atoms with van der Waals surface area (Å²) in [5.41, 5.74) is 5.94. The zero-order valence-corrected chi connectivity index (χ0v) is 21.4. The van der Waals surface area contributed by atoms with Gasteiger partial charge in [0.25, 0.3) is 5.56 Å². The SMILES string of the molecule is COc1ccc(CN(Cc2cc3ccc(C)c(C)c3[nH]c2=O)C(=S)N[C@H](C)c2ccccc2)cc1. The summed E-state index contributed by atoms with van der Waals surface area (Å²) in [6.07, 6.45) is 0. The van der Waals surface area contributed by atoms with Gasteiger partial charge in [0, 0.05) is 12.1 Å². The monoisotopic (exact) mass is 485 g/mol. The van der Waals surface area contributed by atoms with Crippen LogP contribution in [0.15, 0.2) is 77.6 Å². The second-order valence-electron chi connectivity index (χ2n) is 8.88. The first-order chi connectivity index (χ1) is 16.9. The Bertz CT molecular complexity index is 1380. The summed E-state index contributed by atoms with van der Waals surface area (Å²) in [4.78, 5) is 18.2. The molecule has 0 saturated heterocycles. The van der Waals surface area contributed by atoms with Gasteiger partial charge < -0.3 is 19.9 Å². The minimum absolute atomic E-state index is 0.0302. The molecule has 2 N–H and O–H groups in total. The molecule has 0 aliphatic heterocycles. The van der Waals surface area contributed by atoms with Gasteiger partial charge in [-0.15, -0.1) is 0 Å². The fraction of sp³-hybridized carbons (Fsp3) is 0.241. The second kappa shape index (κ2) is 10.7. The topological polar surface area (TPSA) is 57.4 Å². The van der Waals surface area contributed by atoms with E-state index in [1.54, 1.807) is 7.11 Å². The van der Waals surface area contributed by atoms with Crippen LogP contribution in [-0.2, 0) is 13.1 Å². The van der Waals surface area contributed by atoms with Crippen LogP contribution in [0.1, 0.15) is 40.8 Å². The molecule has 0 aliphatic carbocycles. The lowest BCUT2D eigenvalue weighted by atomic mass is 10.0. The Kier molecular flexibility index (Phi) is 7.51. The second-order valence-corrected chi connectivity index (χ2v) is 9.27. The number of rotatable bonds is 7. The first kappa shape index (κ1) is 24.5. The van der Waals surface area contributed by atoms with Crippen LogP contribution < -0.4 is 15.6 Å². The van der Waals surface area contributed by atoms with Gasteiger partial charge in [-0.3, -0.25) is 4.79 Å². The van der Waals surface area contributed by atoms with Crippen LogP contribution in [0.4, 0.5) is 0 Å². The third-order valence-corrected chi connectivity index (χ3v) is 6.82. The Hall–Kier alpha value is -3.64. The maximum atomic E-state index is 13.1. The van der Waals surface area contributed by atoms with E-state index in [1.165, 1.54) is 0 Å². The Balaban J connectivity index is 1.64. The van der Waals surface area contributed by atoms with Crippen molar-refractivity contribution in [2.75, 3.05) is 7.11 Å². The van der Waals surface area contributed by atoms with Crippen molar-refractivity contribution in [2.24, 2.45) is 0 Å². The quantitative estimate of drug-likeness (QED) is 0.325. The van der Waals surface area contributed by atoms with E-state index in [0.29, 0.717) is 23.8 Å². The van der Waals surface area contributed by atoms with Crippen LogP contribution in [-0.4, -0.2) is 22.1 Å². The average molecular weight is 486 g/mol. The van der Waals surface area contributed by atoms with Crippen LogP contribution in [0.3, 0.4) is 0 Å². The molecule has 180 valence electrons. The molecule has 3 aromatic carbocycles. The van der Waals surface area contributed by atoms with Gasteiger partial charge in [0.05, 0.1) is 25.2 Å². The van der Waals surface area contributed by atoms with E-state index in [2.05, 4.69) is 48.4 Å². The average Bonchev–Trinajstić information content (AvgIpc) is 2.87. The fourth-order valence-corrected chi connectivity index (χ4v) is 4.45. The number of thiocarbonyl (C=S) groups is 1. The predicted octanol–water partition coefficient (Wildman–Crippen LogP) is 5.79. The lowest BCUT2D eigenvalue weighted by Gasteiger charge is -2.28. The third kappa shape index (κ3) is 5.72. The Morgan fingerprint density at radius 3 is 2.43 bits per heavy atom. The number of hydrogen-bond acceptors (Lipinski definition) is 3. The Morgan fingerprint density at radius 2 is 1.74 bits per heavy atom. The van der Waals surface area contributed by atoms with Crippen LogP contribution in [0.25, 0.3) is 10.9 Å². The van der Waals surface area contributed by atoms with Gasteiger partial charge >= 0.3 is 0 Å². The summed E-state index contributed by atoms with van der Waals surface area (Å²) < 4.78 is 5.30. The first-order valence-corrected chi connectivity index (χ1v) is 12.1. The molecule has 0 bridgehead atoms. The predicted molar refractivity (Wildman–Crippen MR) is 147 cm³/mol. The first-order valence-electron chi connectivity index (χ1n) is 11.7. The lowest BCUT2D eigenvalue weighted by Crippen LogP contribution is -2.41. The van der Waals surface area contributed by atoms with Crippen molar-refractivity contribution in [1.82, 2.24) is 15.2 Å². The number of benzene rings is 3. The van der Waals surface area contributed by atoms with Crippen molar-refractivity contribution in [2.45, 2.75) is 39.9 Å². The molecule has 0 saturated carbocycles. The molecular weight excluding hydrogens is 454 g/mol. The van der Waals surface area contributed by atoms with E-state index in [-0.39, 0.29) is 11.6 Å². The molecule has 0 fully saturated rings. The highest BCUT2D eigenvalue weighted by Crippen LogP contribution is 2.21. The molecule has 1 aromatic heterocycles. The standard InChI is InChI=1S/C29H31N3O2S/c1-19-10-13-24-16-25(28(33)31-27(24)20(19)2)18-32(17-22-11-14-26(34-4)15-12-22)29(35)30-21(3)23-8-6-5-7-9-23/h5-16,21H,17-18H2,1-4H3,(H,30,35)(H,31,33)/t21-/m1/s1. The largest absolute Gasteiger partial charge is 0.497 e. The zero-order valence-electron chi connectivity index (χ0n) is 20.6. The molecule has 4 rings (SSSR count). The van der Waals surface area contributed by atoms with E-state index in [9.17, 15) is 4.79 Å². The van der Waals surface area contributed by atoms with Crippen LogP contribution >= 0.6 is 12.2 Å². The highest BCUT2D eigenvalue weighted by Gasteiger charge is 2.17. The number of pyridine rings is 1. The molecule has 1 atom stereocenters. The van der Waals surface area contributed by atoms with Crippen molar-refractivity contribution in [3.05, 3.63) is 111 Å². The van der Waals surface area contributed by atoms with Crippen LogP contribution in [0.2, 0.25) is 0 Å². The van der Waals surface area contributed by atoms with Gasteiger partial charge in [0.1, 0.15) is 5.75 Å². The fourth-order valence-electron chi connectivity index (χ4n) is 4.15. The Morgan fingerprint density at radius 1 is 1.03 bits per heavy atom. The van der Waals surface area contributed by atoms with Gasteiger partial charge in [-0.05, 0) is 78.8 Å². The van der Waals surface area contributed by atoms with Crippen molar-refractivity contribution in [3.8, 4) is 5.75 Å². The minimum atomic E-state index is -0.0927. The molecule has 6 heteroatoms. The van der Waals surface area contributed by atoms with E-state index < -0.39 is 0 Å². The molecule has 0 amide bonds. The highest BCUT2D eigenvalue weighted by molar-refractivity contribution is 7.80. The molecule has 35 heavy (non-hydrogen) atoms. The summed E-state index contributed by atoms with van der Waals surface area (Å²) in [5.74, 6) is 0.801. The van der Waals surface area contributed by atoms with Crippen LogP contribution in [0, 0.1) is 13.8 Å². The maximum absolute atomic E-state index is 13.1. The molecule has 0 radical (unpaired) electrons. The smallest absolute Gasteiger partial charge is 0.253 e. The molecular formula is C29H31N3O2S. The number of hydrogen-bond donors (Lipinski definition) is 2. The van der Waals surface area contributed by atoms with E-state index in [4.69, 9.17) is 17.0 Å². The Labute approximate surface area is 211 Å². The minimum Gasteiger partial charge on any atom is -0.497 e. The molecule has 5 nitrogen and oxygen atoms in total. The summed E-state index contributed by atoms with van der Waals surface area (Å²) in [6, 6.07) is 24.2. The number of aromatic amines is 1. The van der Waals surface area contributed by atoms with Crippen molar-refractivity contribution < 1.29 is 4.74 Å². The maximum Gasteiger partial charge on any atom is 0.253 e. The van der Waals surface area contributed by atoms with Crippen LogP contribution in [0.5, 0.6) is 5.75 Å². The number of aryl methyl sites for hydroxylation is 2. The van der Waals surface area contributed by atoms with Crippen molar-refractivity contribution >= 4 is 28.2 Å². The van der Waals surface area contributed by atoms with Gasteiger partial charge in [-0.2, -0.15) is 0 Å². The number of nitrogens with zero attached hydrogens (tertiary/aromatic N) is 1. The normalized spacial score (nSPS) is 11.8. The molecule has 1 heterocycles.